The van der Waals surface area contributed by atoms with Gasteiger partial charge >= 0.3 is 5.97 Å². The van der Waals surface area contributed by atoms with Gasteiger partial charge in [0.15, 0.2) is 0 Å². The maximum Gasteiger partial charge on any atom is 0.325 e. The van der Waals surface area contributed by atoms with E-state index in [1.54, 1.807) is 24.3 Å². The van der Waals surface area contributed by atoms with Crippen molar-refractivity contribution in [2.24, 2.45) is 0 Å². The fourth-order valence-electron chi connectivity index (χ4n) is 1.80. The molecule has 0 radical (unpaired) electrons. The smallest absolute Gasteiger partial charge is 0.325 e. The highest BCUT2D eigenvalue weighted by Gasteiger charge is 2.36. The highest BCUT2D eigenvalue weighted by molar-refractivity contribution is 8.18. The summed E-state index contributed by atoms with van der Waals surface area (Å²) in [4.78, 5) is 46.0. The Kier molecular flexibility index (Phi) is 5.48. The van der Waals surface area contributed by atoms with Gasteiger partial charge in [0.1, 0.15) is 6.54 Å². The van der Waals surface area contributed by atoms with Crippen LogP contribution in [0.25, 0.3) is 6.08 Å². The third-order valence-corrected chi connectivity index (χ3v) is 3.95. The first-order valence-electron chi connectivity index (χ1n) is 6.65. The van der Waals surface area contributed by atoms with Gasteiger partial charge in [0.25, 0.3) is 16.8 Å². The van der Waals surface area contributed by atoms with Crippen LogP contribution in [0.15, 0.2) is 41.3 Å². The summed E-state index contributed by atoms with van der Waals surface area (Å²) >= 11 is 0.726. The minimum Gasteiger partial charge on any atom is -0.468 e. The molecule has 1 heterocycles. The van der Waals surface area contributed by atoms with Crippen molar-refractivity contribution < 1.29 is 24.0 Å². The number of esters is 1. The van der Waals surface area contributed by atoms with Crippen molar-refractivity contribution in [3.05, 3.63) is 57.0 Å². The minimum absolute atomic E-state index is 0.0175. The normalized spacial score (nSPS) is 16.2. The lowest BCUT2D eigenvalue weighted by Crippen LogP contribution is -2.34. The molecule has 0 N–H and O–H groups in total. The van der Waals surface area contributed by atoms with E-state index in [1.807, 2.05) is 0 Å². The summed E-state index contributed by atoms with van der Waals surface area (Å²) in [6.07, 6.45) is 4.64. The number of carbonyl (C=O) groups excluding carboxylic acids is 3. The number of carbonyl (C=O) groups is 3. The Hall–Kier alpha value is -2.94. The number of nitro groups is 1. The first-order valence-corrected chi connectivity index (χ1v) is 7.47. The van der Waals surface area contributed by atoms with Crippen LogP contribution in [0.4, 0.5) is 10.5 Å². The number of methoxy groups -OCH3 is 1. The summed E-state index contributed by atoms with van der Waals surface area (Å²) in [5.41, 5.74) is 0.682. The topological polar surface area (TPSA) is 107 Å². The van der Waals surface area contributed by atoms with Crippen LogP contribution in [-0.4, -0.2) is 40.6 Å². The Bertz CT molecular complexity index is 754. The van der Waals surface area contributed by atoms with Crippen LogP contribution in [0.2, 0.25) is 0 Å². The fourth-order valence-corrected chi connectivity index (χ4v) is 2.59. The van der Waals surface area contributed by atoms with Crippen LogP contribution >= 0.6 is 11.8 Å². The monoisotopic (exact) mass is 348 g/mol. The maximum atomic E-state index is 12.0. The number of hydrogen-bond donors (Lipinski definition) is 0. The molecule has 9 heteroatoms. The van der Waals surface area contributed by atoms with Gasteiger partial charge in [0.2, 0.25) is 0 Å². The number of nitrogens with zero attached hydrogens (tertiary/aromatic N) is 2. The van der Waals surface area contributed by atoms with E-state index in [-0.39, 0.29) is 10.6 Å². The quantitative estimate of drug-likeness (QED) is 0.348. The minimum atomic E-state index is -0.681. The molecule has 2 rings (SSSR count). The lowest BCUT2D eigenvalue weighted by molar-refractivity contribution is -0.384. The number of ether oxygens (including phenoxy) is 1. The molecule has 0 unspecified atom stereocenters. The first-order chi connectivity index (χ1) is 11.4. The van der Waals surface area contributed by atoms with Gasteiger partial charge < -0.3 is 4.74 Å². The molecule has 0 aliphatic carbocycles. The molecule has 124 valence electrons. The van der Waals surface area contributed by atoms with E-state index in [0.29, 0.717) is 5.56 Å². The van der Waals surface area contributed by atoms with E-state index in [9.17, 15) is 24.5 Å². The molecule has 1 aliphatic heterocycles. The molecule has 24 heavy (non-hydrogen) atoms. The van der Waals surface area contributed by atoms with E-state index in [0.717, 1.165) is 16.7 Å². The van der Waals surface area contributed by atoms with E-state index in [1.165, 1.54) is 25.3 Å². The average Bonchev–Trinajstić information content (AvgIpc) is 2.83. The Morgan fingerprint density at radius 3 is 2.58 bits per heavy atom. The van der Waals surface area contributed by atoms with Crippen LogP contribution in [0, 0.1) is 10.1 Å². The molecule has 1 aromatic rings. The number of nitro benzene ring substituents is 1. The largest absolute Gasteiger partial charge is 0.468 e. The van der Waals surface area contributed by atoms with Crippen molar-refractivity contribution >= 4 is 40.6 Å². The Labute approximate surface area is 140 Å². The fraction of sp³-hybridized carbons (Fsp3) is 0.133. The van der Waals surface area contributed by atoms with Crippen LogP contribution in [0.1, 0.15) is 5.56 Å². The molecule has 1 aliphatic rings. The summed E-state index contributed by atoms with van der Waals surface area (Å²) in [5.74, 6) is -1.25. The number of non-ortho nitro benzene ring substituents is 1. The van der Waals surface area contributed by atoms with E-state index in [2.05, 4.69) is 4.74 Å². The van der Waals surface area contributed by atoms with Crippen molar-refractivity contribution in [3.63, 3.8) is 0 Å². The van der Waals surface area contributed by atoms with E-state index < -0.39 is 28.6 Å². The van der Waals surface area contributed by atoms with Crippen LogP contribution < -0.4 is 0 Å². The number of hydrogen-bond acceptors (Lipinski definition) is 7. The van der Waals surface area contributed by atoms with Gasteiger partial charge in [-0.25, -0.2) is 0 Å². The Morgan fingerprint density at radius 1 is 1.33 bits per heavy atom. The van der Waals surface area contributed by atoms with Gasteiger partial charge in [-0.3, -0.25) is 29.4 Å². The highest BCUT2D eigenvalue weighted by Crippen LogP contribution is 2.30. The van der Waals surface area contributed by atoms with Gasteiger partial charge in [-0.15, -0.1) is 0 Å². The summed E-state index contributed by atoms with van der Waals surface area (Å²) in [6.45, 7) is -0.426. The van der Waals surface area contributed by atoms with Gasteiger partial charge in [-0.2, -0.15) is 0 Å². The van der Waals surface area contributed by atoms with Crippen molar-refractivity contribution in [2.75, 3.05) is 13.7 Å². The Morgan fingerprint density at radius 2 is 2.00 bits per heavy atom. The van der Waals surface area contributed by atoms with Gasteiger partial charge in [-0.1, -0.05) is 12.2 Å². The highest BCUT2D eigenvalue weighted by atomic mass is 32.2. The molecule has 8 nitrogen and oxygen atoms in total. The van der Waals surface area contributed by atoms with Gasteiger partial charge in [0, 0.05) is 12.1 Å². The summed E-state index contributed by atoms with van der Waals surface area (Å²) < 4.78 is 4.43. The molecule has 0 bridgehead atoms. The zero-order valence-corrected chi connectivity index (χ0v) is 13.3. The molecule has 0 saturated carbocycles. The summed E-state index contributed by atoms with van der Waals surface area (Å²) in [7, 11) is 1.17. The lowest BCUT2D eigenvalue weighted by Gasteiger charge is -2.09. The predicted octanol–water partition coefficient (Wildman–Crippen LogP) is 2.36. The second-order valence-electron chi connectivity index (χ2n) is 4.57. The number of imide groups is 1. The molecular formula is C15H12N2O6S. The average molecular weight is 348 g/mol. The van der Waals surface area contributed by atoms with Crippen LogP contribution in [-0.2, 0) is 14.3 Å². The number of rotatable bonds is 5. The molecule has 2 amide bonds. The second kappa shape index (κ2) is 7.55. The van der Waals surface area contributed by atoms with Crippen molar-refractivity contribution in [1.82, 2.24) is 4.90 Å². The SMILES string of the molecule is COC(=O)CN1C(=O)S/C(=C\C=C\c2ccc([N+](=O)[O-])cc2)C1=O. The zero-order valence-electron chi connectivity index (χ0n) is 12.5. The summed E-state index contributed by atoms with van der Waals surface area (Å²) in [5, 5.41) is 10.0. The molecule has 1 saturated heterocycles. The number of allylic oxidation sites excluding steroid dienone is 2. The number of benzene rings is 1. The van der Waals surface area contributed by atoms with Gasteiger partial charge in [-0.05, 0) is 35.5 Å². The van der Waals surface area contributed by atoms with Crippen LogP contribution in [0.5, 0.6) is 0 Å². The first kappa shape index (κ1) is 17.4. The molecule has 0 atom stereocenters. The van der Waals surface area contributed by atoms with E-state index >= 15 is 0 Å². The molecule has 0 aromatic heterocycles. The second-order valence-corrected chi connectivity index (χ2v) is 5.57. The Balaban J connectivity index is 2.06. The zero-order chi connectivity index (χ0) is 17.7. The predicted molar refractivity (Wildman–Crippen MR) is 86.9 cm³/mol. The van der Waals surface area contributed by atoms with Gasteiger partial charge in [0.05, 0.1) is 16.9 Å². The number of thioether (sulfide) groups is 1. The number of amides is 2. The molecule has 1 aromatic carbocycles. The third-order valence-electron chi connectivity index (χ3n) is 3.03. The summed E-state index contributed by atoms with van der Waals surface area (Å²) in [6, 6.07) is 5.85. The molecular weight excluding hydrogens is 336 g/mol. The van der Waals surface area contributed by atoms with Crippen molar-refractivity contribution in [3.8, 4) is 0 Å². The van der Waals surface area contributed by atoms with E-state index in [4.69, 9.17) is 0 Å². The lowest BCUT2D eigenvalue weighted by atomic mass is 10.2. The van der Waals surface area contributed by atoms with Crippen LogP contribution in [0.3, 0.4) is 0 Å². The maximum absolute atomic E-state index is 12.0. The third kappa shape index (κ3) is 4.07. The standard InChI is InChI=1S/C15H12N2O6S/c1-23-13(18)9-16-14(19)12(24-15(16)20)4-2-3-10-5-7-11(8-6-10)17(21)22/h2-8H,9H2,1H3/b3-2+,12-4-. The molecule has 1 fully saturated rings. The van der Waals surface area contributed by atoms with Crippen molar-refractivity contribution in [2.45, 2.75) is 0 Å². The molecule has 0 spiro atoms. The van der Waals surface area contributed by atoms with Crippen molar-refractivity contribution in [1.29, 1.82) is 0 Å².